The number of amides is 1. The maximum absolute atomic E-state index is 12.1. The molecule has 0 spiro atoms. The molecule has 2 atom stereocenters. The van der Waals surface area contributed by atoms with Crippen LogP contribution in [0.2, 0.25) is 0 Å². The summed E-state index contributed by atoms with van der Waals surface area (Å²) < 4.78 is 36.4. The maximum Gasteiger partial charge on any atom is 0.389 e. The van der Waals surface area contributed by atoms with E-state index in [1.807, 2.05) is 30.3 Å². The van der Waals surface area contributed by atoms with Gasteiger partial charge in [-0.05, 0) is 12.5 Å². The lowest BCUT2D eigenvalue weighted by molar-refractivity contribution is -0.153. The fourth-order valence-corrected chi connectivity index (χ4v) is 1.62. The molecule has 1 aromatic carbocycles. The Morgan fingerprint density at radius 3 is 2.28 bits per heavy atom. The zero-order valence-corrected chi connectivity index (χ0v) is 10.3. The summed E-state index contributed by atoms with van der Waals surface area (Å²) in [6, 6.07) is 8.81. The molecular formula is C13H16F3NO. The SMILES string of the molecule is CC(CC(F)(F)F)C(=O)N[C@@H](C)c1ccccc1. The van der Waals surface area contributed by atoms with Gasteiger partial charge < -0.3 is 5.32 Å². The first kappa shape index (κ1) is 14.5. The third-order valence-corrected chi connectivity index (χ3v) is 2.64. The van der Waals surface area contributed by atoms with Gasteiger partial charge in [0.25, 0.3) is 0 Å². The van der Waals surface area contributed by atoms with Crippen LogP contribution in [0.1, 0.15) is 31.9 Å². The van der Waals surface area contributed by atoms with Crippen molar-refractivity contribution in [1.29, 1.82) is 0 Å². The van der Waals surface area contributed by atoms with Crippen molar-refractivity contribution in [3.8, 4) is 0 Å². The summed E-state index contributed by atoms with van der Waals surface area (Å²) in [5.74, 6) is -1.65. The molecule has 0 heterocycles. The highest BCUT2D eigenvalue weighted by Crippen LogP contribution is 2.25. The summed E-state index contributed by atoms with van der Waals surface area (Å²) in [6.07, 6.45) is -5.41. The van der Waals surface area contributed by atoms with Gasteiger partial charge in [0.1, 0.15) is 0 Å². The first-order valence-corrected chi connectivity index (χ1v) is 5.71. The largest absolute Gasteiger partial charge is 0.389 e. The highest BCUT2D eigenvalue weighted by atomic mass is 19.4. The van der Waals surface area contributed by atoms with Gasteiger partial charge in [-0.3, -0.25) is 4.79 Å². The second-order valence-corrected chi connectivity index (χ2v) is 4.36. The van der Waals surface area contributed by atoms with Crippen LogP contribution < -0.4 is 5.32 Å². The maximum atomic E-state index is 12.1. The molecule has 0 aliphatic carbocycles. The zero-order chi connectivity index (χ0) is 13.8. The third kappa shape index (κ3) is 4.77. The van der Waals surface area contributed by atoms with Crippen molar-refractivity contribution in [2.24, 2.45) is 5.92 Å². The van der Waals surface area contributed by atoms with Crippen molar-refractivity contribution in [3.63, 3.8) is 0 Å². The monoisotopic (exact) mass is 259 g/mol. The number of hydrogen-bond donors (Lipinski definition) is 1. The van der Waals surface area contributed by atoms with E-state index in [4.69, 9.17) is 0 Å². The Balaban J connectivity index is 2.55. The zero-order valence-electron chi connectivity index (χ0n) is 10.3. The van der Waals surface area contributed by atoms with E-state index in [-0.39, 0.29) is 6.04 Å². The highest BCUT2D eigenvalue weighted by molar-refractivity contribution is 5.78. The molecule has 0 aliphatic heterocycles. The molecule has 0 radical (unpaired) electrons. The smallest absolute Gasteiger partial charge is 0.349 e. The molecule has 0 aliphatic rings. The average molecular weight is 259 g/mol. The second-order valence-electron chi connectivity index (χ2n) is 4.36. The molecule has 0 fully saturated rings. The van der Waals surface area contributed by atoms with Crippen LogP contribution in [0.25, 0.3) is 0 Å². The Bertz CT molecular complexity index is 389. The molecule has 0 saturated carbocycles. The molecular weight excluding hydrogens is 243 g/mol. The fraction of sp³-hybridized carbons (Fsp3) is 0.462. The van der Waals surface area contributed by atoms with Gasteiger partial charge in [-0.2, -0.15) is 13.2 Å². The minimum atomic E-state index is -4.31. The van der Waals surface area contributed by atoms with Crippen molar-refractivity contribution in [1.82, 2.24) is 5.32 Å². The van der Waals surface area contributed by atoms with Gasteiger partial charge >= 0.3 is 6.18 Å². The molecule has 5 heteroatoms. The second kappa shape index (κ2) is 5.89. The molecule has 1 rings (SSSR count). The quantitative estimate of drug-likeness (QED) is 0.881. The van der Waals surface area contributed by atoms with Crippen LogP contribution >= 0.6 is 0 Å². The Hall–Kier alpha value is -1.52. The normalized spacial score (nSPS) is 14.9. The van der Waals surface area contributed by atoms with E-state index in [9.17, 15) is 18.0 Å². The lowest BCUT2D eigenvalue weighted by atomic mass is 10.0. The Kier molecular flexibility index (Phi) is 4.76. The van der Waals surface area contributed by atoms with E-state index in [0.717, 1.165) is 5.56 Å². The number of alkyl halides is 3. The number of rotatable bonds is 4. The first-order chi connectivity index (χ1) is 8.29. The van der Waals surface area contributed by atoms with Crippen LogP contribution in [0.15, 0.2) is 30.3 Å². The number of hydrogen-bond acceptors (Lipinski definition) is 1. The van der Waals surface area contributed by atoms with E-state index in [0.29, 0.717) is 0 Å². The van der Waals surface area contributed by atoms with Gasteiger partial charge in [-0.15, -0.1) is 0 Å². The number of halogens is 3. The summed E-state index contributed by atoms with van der Waals surface area (Å²) in [7, 11) is 0. The van der Waals surface area contributed by atoms with Crippen LogP contribution in [0.4, 0.5) is 13.2 Å². The van der Waals surface area contributed by atoms with Crippen LogP contribution in [0.5, 0.6) is 0 Å². The highest BCUT2D eigenvalue weighted by Gasteiger charge is 2.33. The van der Waals surface area contributed by atoms with E-state index < -0.39 is 24.4 Å². The van der Waals surface area contributed by atoms with Crippen molar-refractivity contribution in [2.75, 3.05) is 0 Å². The number of benzene rings is 1. The predicted molar refractivity (Wildman–Crippen MR) is 62.8 cm³/mol. The van der Waals surface area contributed by atoms with Gasteiger partial charge in [0, 0.05) is 5.92 Å². The molecule has 0 bridgehead atoms. The van der Waals surface area contributed by atoms with Gasteiger partial charge in [0.15, 0.2) is 0 Å². The van der Waals surface area contributed by atoms with Crippen molar-refractivity contribution < 1.29 is 18.0 Å². The summed E-state index contributed by atoms with van der Waals surface area (Å²) in [5.41, 5.74) is 0.866. The molecule has 18 heavy (non-hydrogen) atoms. The van der Waals surface area contributed by atoms with Crippen LogP contribution in [-0.4, -0.2) is 12.1 Å². The van der Waals surface area contributed by atoms with Gasteiger partial charge in [0.05, 0.1) is 12.5 Å². The Labute approximate surface area is 104 Å². The molecule has 100 valence electrons. The molecule has 1 unspecified atom stereocenters. The lowest BCUT2D eigenvalue weighted by Crippen LogP contribution is -2.33. The number of nitrogens with one attached hydrogen (secondary N) is 1. The number of carbonyl (C=O) groups is 1. The molecule has 1 N–H and O–H groups in total. The van der Waals surface area contributed by atoms with E-state index >= 15 is 0 Å². The standard InChI is InChI=1S/C13H16F3NO/c1-9(8-13(14,15)16)12(18)17-10(2)11-6-4-3-5-7-11/h3-7,9-10H,8H2,1-2H3,(H,17,18)/t9?,10-/m0/s1. The topological polar surface area (TPSA) is 29.1 Å². The Morgan fingerprint density at radius 1 is 1.22 bits per heavy atom. The van der Waals surface area contributed by atoms with Gasteiger partial charge in [0.2, 0.25) is 5.91 Å². The third-order valence-electron chi connectivity index (χ3n) is 2.64. The first-order valence-electron chi connectivity index (χ1n) is 5.71. The van der Waals surface area contributed by atoms with Gasteiger partial charge in [-0.25, -0.2) is 0 Å². The fourth-order valence-electron chi connectivity index (χ4n) is 1.62. The molecule has 0 saturated heterocycles. The van der Waals surface area contributed by atoms with Crippen LogP contribution in [0.3, 0.4) is 0 Å². The molecule has 2 nitrogen and oxygen atoms in total. The molecule has 0 aromatic heterocycles. The van der Waals surface area contributed by atoms with Crippen LogP contribution in [0, 0.1) is 5.92 Å². The van der Waals surface area contributed by atoms with E-state index in [1.165, 1.54) is 6.92 Å². The minimum Gasteiger partial charge on any atom is -0.349 e. The summed E-state index contributed by atoms with van der Waals surface area (Å²) in [4.78, 5) is 11.6. The van der Waals surface area contributed by atoms with E-state index in [1.54, 1.807) is 6.92 Å². The van der Waals surface area contributed by atoms with Crippen molar-refractivity contribution >= 4 is 5.91 Å². The Morgan fingerprint density at radius 2 is 1.78 bits per heavy atom. The van der Waals surface area contributed by atoms with Gasteiger partial charge in [-0.1, -0.05) is 37.3 Å². The average Bonchev–Trinajstić information content (AvgIpc) is 2.27. The number of carbonyl (C=O) groups excluding carboxylic acids is 1. The minimum absolute atomic E-state index is 0.297. The van der Waals surface area contributed by atoms with Crippen molar-refractivity contribution in [3.05, 3.63) is 35.9 Å². The molecule has 1 amide bonds. The summed E-state index contributed by atoms with van der Waals surface area (Å²) in [5, 5.41) is 2.58. The van der Waals surface area contributed by atoms with Crippen LogP contribution in [-0.2, 0) is 4.79 Å². The molecule has 1 aromatic rings. The predicted octanol–water partition coefficient (Wildman–Crippen LogP) is 3.45. The van der Waals surface area contributed by atoms with Crippen molar-refractivity contribution in [2.45, 2.75) is 32.5 Å². The summed E-state index contributed by atoms with van der Waals surface area (Å²) >= 11 is 0. The summed E-state index contributed by atoms with van der Waals surface area (Å²) in [6.45, 7) is 3.02. The lowest BCUT2D eigenvalue weighted by Gasteiger charge is -2.18. The van der Waals surface area contributed by atoms with E-state index in [2.05, 4.69) is 5.32 Å².